The molecule has 8 heteroatoms. The Morgan fingerprint density at radius 2 is 1.78 bits per heavy atom. The number of aromatic nitrogens is 2. The number of benzene rings is 3. The largest absolute Gasteiger partial charge is 0.496 e. The van der Waals surface area contributed by atoms with Gasteiger partial charge in [-0.25, -0.2) is 5.43 Å². The first-order valence-electron chi connectivity index (χ1n) is 9.82. The fourth-order valence-corrected chi connectivity index (χ4v) is 3.49. The maximum absolute atomic E-state index is 12.6. The number of hydrogen-bond donors (Lipinski definition) is 2. The monoisotopic (exact) mass is 430 g/mol. The number of amides is 1. The molecule has 4 rings (SSSR count). The SMILES string of the molecule is COc1cccc(C=NNC(=O)c2cc(-c3c(OC)ccc4ccccc34)n[nH]2)c1OC. The minimum Gasteiger partial charge on any atom is -0.496 e. The number of carbonyl (C=O) groups is 1. The Bertz CT molecular complexity index is 1300. The van der Waals surface area contributed by atoms with Crippen molar-refractivity contribution in [1.29, 1.82) is 0 Å². The van der Waals surface area contributed by atoms with E-state index in [1.54, 1.807) is 39.5 Å². The number of aromatic amines is 1. The summed E-state index contributed by atoms with van der Waals surface area (Å²) in [6, 6.07) is 18.9. The minimum atomic E-state index is -0.430. The Kier molecular flexibility index (Phi) is 6.03. The van der Waals surface area contributed by atoms with Crippen LogP contribution in [0, 0.1) is 0 Å². The molecule has 1 aromatic heterocycles. The lowest BCUT2D eigenvalue weighted by Gasteiger charge is -2.09. The van der Waals surface area contributed by atoms with Gasteiger partial charge in [0.15, 0.2) is 11.5 Å². The zero-order valence-corrected chi connectivity index (χ0v) is 17.9. The molecule has 32 heavy (non-hydrogen) atoms. The van der Waals surface area contributed by atoms with Crippen molar-refractivity contribution in [3.8, 4) is 28.5 Å². The Labute approximate surface area is 184 Å². The van der Waals surface area contributed by atoms with Gasteiger partial charge in [0.05, 0.1) is 38.8 Å². The van der Waals surface area contributed by atoms with Gasteiger partial charge in [0.1, 0.15) is 11.4 Å². The van der Waals surface area contributed by atoms with E-state index in [4.69, 9.17) is 14.2 Å². The highest BCUT2D eigenvalue weighted by atomic mass is 16.5. The van der Waals surface area contributed by atoms with Gasteiger partial charge in [-0.05, 0) is 35.0 Å². The second-order valence-electron chi connectivity index (χ2n) is 6.81. The molecular formula is C24H22N4O4. The molecule has 0 aliphatic carbocycles. The second kappa shape index (κ2) is 9.22. The fraction of sp³-hybridized carbons (Fsp3) is 0.125. The molecule has 0 atom stereocenters. The third-order valence-electron chi connectivity index (χ3n) is 4.99. The number of nitrogens with one attached hydrogen (secondary N) is 2. The zero-order valence-electron chi connectivity index (χ0n) is 17.9. The van der Waals surface area contributed by atoms with E-state index in [1.807, 2.05) is 42.5 Å². The van der Waals surface area contributed by atoms with E-state index in [0.29, 0.717) is 28.5 Å². The number of nitrogens with zero attached hydrogens (tertiary/aromatic N) is 2. The molecule has 0 spiro atoms. The van der Waals surface area contributed by atoms with Crippen LogP contribution in [0.25, 0.3) is 22.0 Å². The number of ether oxygens (including phenoxy) is 3. The summed E-state index contributed by atoms with van der Waals surface area (Å²) < 4.78 is 16.2. The van der Waals surface area contributed by atoms with Crippen LogP contribution in [-0.2, 0) is 0 Å². The third kappa shape index (κ3) is 3.98. The van der Waals surface area contributed by atoms with Gasteiger partial charge in [-0.15, -0.1) is 0 Å². The van der Waals surface area contributed by atoms with Gasteiger partial charge in [-0.1, -0.05) is 36.4 Å². The second-order valence-corrected chi connectivity index (χ2v) is 6.81. The molecule has 1 heterocycles. The van der Waals surface area contributed by atoms with Crippen LogP contribution in [0.3, 0.4) is 0 Å². The van der Waals surface area contributed by atoms with Gasteiger partial charge in [-0.2, -0.15) is 10.2 Å². The van der Waals surface area contributed by atoms with E-state index in [2.05, 4.69) is 20.7 Å². The molecule has 8 nitrogen and oxygen atoms in total. The summed E-state index contributed by atoms with van der Waals surface area (Å²) in [5.41, 5.74) is 4.84. The molecule has 0 saturated heterocycles. The van der Waals surface area contributed by atoms with E-state index in [-0.39, 0.29) is 5.69 Å². The molecule has 3 aromatic carbocycles. The first-order valence-corrected chi connectivity index (χ1v) is 9.82. The van der Waals surface area contributed by atoms with E-state index in [9.17, 15) is 4.79 Å². The molecule has 0 saturated carbocycles. The molecular weight excluding hydrogens is 408 g/mol. The van der Waals surface area contributed by atoms with Crippen molar-refractivity contribution < 1.29 is 19.0 Å². The summed E-state index contributed by atoms with van der Waals surface area (Å²) in [5.74, 6) is 1.34. The van der Waals surface area contributed by atoms with E-state index in [1.165, 1.54) is 6.21 Å². The highest BCUT2D eigenvalue weighted by molar-refractivity contribution is 6.00. The highest BCUT2D eigenvalue weighted by Crippen LogP contribution is 2.36. The van der Waals surface area contributed by atoms with Crippen LogP contribution in [0.4, 0.5) is 0 Å². The summed E-state index contributed by atoms with van der Waals surface area (Å²) >= 11 is 0. The standard InChI is InChI=1S/C24H22N4O4/c1-30-20-12-11-15-7-4-5-9-17(15)22(20)18-13-19(27-26-18)24(29)28-25-14-16-8-6-10-21(31-2)23(16)32-3/h4-14H,1-3H3,(H,26,27)(H,28,29). The number of hydrazone groups is 1. The lowest BCUT2D eigenvalue weighted by Crippen LogP contribution is -2.18. The van der Waals surface area contributed by atoms with Crippen LogP contribution in [0.1, 0.15) is 16.1 Å². The molecule has 0 aliphatic rings. The number of rotatable bonds is 7. The summed E-state index contributed by atoms with van der Waals surface area (Å²) in [6.45, 7) is 0. The van der Waals surface area contributed by atoms with Crippen molar-refractivity contribution in [2.24, 2.45) is 5.10 Å². The van der Waals surface area contributed by atoms with Crippen molar-refractivity contribution in [3.05, 3.63) is 71.9 Å². The lowest BCUT2D eigenvalue weighted by atomic mass is 10.0. The van der Waals surface area contributed by atoms with Crippen LogP contribution < -0.4 is 19.6 Å². The van der Waals surface area contributed by atoms with Crippen LogP contribution in [0.2, 0.25) is 0 Å². The van der Waals surface area contributed by atoms with Crippen LogP contribution in [0.5, 0.6) is 17.2 Å². The number of fused-ring (bicyclic) bond motifs is 1. The van der Waals surface area contributed by atoms with E-state index >= 15 is 0 Å². The predicted octanol–water partition coefficient (Wildman–Crippen LogP) is 4.02. The molecule has 0 aliphatic heterocycles. The highest BCUT2D eigenvalue weighted by Gasteiger charge is 2.16. The quantitative estimate of drug-likeness (QED) is 0.341. The lowest BCUT2D eigenvalue weighted by molar-refractivity contribution is 0.0950. The molecule has 1 amide bonds. The number of methoxy groups -OCH3 is 3. The fourth-order valence-electron chi connectivity index (χ4n) is 3.49. The molecule has 0 fully saturated rings. The van der Waals surface area contributed by atoms with Crippen LogP contribution in [0.15, 0.2) is 65.8 Å². The Hall–Kier alpha value is -4.33. The van der Waals surface area contributed by atoms with Gasteiger partial charge < -0.3 is 14.2 Å². The Morgan fingerprint density at radius 3 is 2.56 bits per heavy atom. The topological polar surface area (TPSA) is 97.8 Å². The van der Waals surface area contributed by atoms with Gasteiger partial charge in [-0.3, -0.25) is 9.89 Å². The minimum absolute atomic E-state index is 0.268. The van der Waals surface area contributed by atoms with Gasteiger partial charge in [0, 0.05) is 5.56 Å². The maximum atomic E-state index is 12.6. The van der Waals surface area contributed by atoms with E-state index in [0.717, 1.165) is 16.3 Å². The van der Waals surface area contributed by atoms with Gasteiger partial charge in [0.2, 0.25) is 0 Å². The summed E-state index contributed by atoms with van der Waals surface area (Å²) in [5, 5.41) is 13.2. The van der Waals surface area contributed by atoms with Crippen molar-refractivity contribution in [1.82, 2.24) is 15.6 Å². The normalized spacial score (nSPS) is 11.0. The van der Waals surface area contributed by atoms with Crippen molar-refractivity contribution >= 4 is 22.9 Å². The van der Waals surface area contributed by atoms with Gasteiger partial charge >= 0.3 is 0 Å². The number of H-pyrrole nitrogens is 1. The van der Waals surface area contributed by atoms with Crippen LogP contribution >= 0.6 is 0 Å². The Balaban J connectivity index is 1.57. The molecule has 0 unspecified atom stereocenters. The summed E-state index contributed by atoms with van der Waals surface area (Å²) in [6.07, 6.45) is 1.49. The number of hydrogen-bond acceptors (Lipinski definition) is 6. The molecule has 162 valence electrons. The van der Waals surface area contributed by atoms with Crippen molar-refractivity contribution in [2.45, 2.75) is 0 Å². The molecule has 0 radical (unpaired) electrons. The average molecular weight is 430 g/mol. The molecule has 4 aromatic rings. The number of para-hydroxylation sites is 1. The zero-order chi connectivity index (χ0) is 22.5. The average Bonchev–Trinajstić information content (AvgIpc) is 3.33. The maximum Gasteiger partial charge on any atom is 0.289 e. The molecule has 0 bridgehead atoms. The van der Waals surface area contributed by atoms with E-state index < -0.39 is 5.91 Å². The van der Waals surface area contributed by atoms with Crippen LogP contribution in [-0.4, -0.2) is 43.6 Å². The summed E-state index contributed by atoms with van der Waals surface area (Å²) in [4.78, 5) is 12.6. The third-order valence-corrected chi connectivity index (χ3v) is 4.99. The van der Waals surface area contributed by atoms with Crippen molar-refractivity contribution in [3.63, 3.8) is 0 Å². The van der Waals surface area contributed by atoms with Gasteiger partial charge in [0.25, 0.3) is 5.91 Å². The first kappa shape index (κ1) is 20.9. The summed E-state index contributed by atoms with van der Waals surface area (Å²) in [7, 11) is 4.71. The Morgan fingerprint density at radius 1 is 0.969 bits per heavy atom. The number of carbonyl (C=O) groups excluding carboxylic acids is 1. The molecule has 2 N–H and O–H groups in total. The smallest absolute Gasteiger partial charge is 0.289 e. The van der Waals surface area contributed by atoms with Crippen molar-refractivity contribution in [2.75, 3.05) is 21.3 Å². The first-order chi connectivity index (χ1) is 15.7. The predicted molar refractivity (Wildman–Crippen MR) is 123 cm³/mol.